The molecule has 0 aliphatic carbocycles. The molecular formula is C18H19ClFNO2S. The zero-order valence-corrected chi connectivity index (χ0v) is 15.4. The van der Waals surface area contributed by atoms with Gasteiger partial charge in [-0.05, 0) is 48.7 Å². The molecule has 0 aliphatic rings. The van der Waals surface area contributed by atoms with Crippen molar-refractivity contribution in [2.24, 2.45) is 0 Å². The first-order chi connectivity index (χ1) is 11.4. The van der Waals surface area contributed by atoms with E-state index in [0.717, 1.165) is 16.7 Å². The Morgan fingerprint density at radius 2 is 2.04 bits per heavy atom. The molecule has 6 heteroatoms. The van der Waals surface area contributed by atoms with Gasteiger partial charge in [-0.1, -0.05) is 23.7 Å². The Hall–Kier alpha value is -1.72. The molecule has 2 aromatic rings. The first-order valence-electron chi connectivity index (χ1n) is 7.37. The molecule has 0 spiro atoms. The fourth-order valence-electron chi connectivity index (χ4n) is 2.31. The SMILES string of the molecule is COc1ccc(CSCC(=O)Nc2c(C)cc(C)cc2Cl)cc1F. The number of ether oxygens (including phenoxy) is 1. The Kier molecular flexibility index (Phi) is 6.52. The van der Waals surface area contributed by atoms with Crippen LogP contribution in [0.15, 0.2) is 30.3 Å². The zero-order valence-electron chi connectivity index (χ0n) is 13.8. The summed E-state index contributed by atoms with van der Waals surface area (Å²) in [5, 5.41) is 3.37. The molecule has 2 aromatic carbocycles. The van der Waals surface area contributed by atoms with E-state index in [-0.39, 0.29) is 17.4 Å². The Labute approximate surface area is 150 Å². The van der Waals surface area contributed by atoms with Crippen LogP contribution in [0, 0.1) is 19.7 Å². The first kappa shape index (κ1) is 18.6. The molecule has 0 heterocycles. The van der Waals surface area contributed by atoms with E-state index in [0.29, 0.717) is 16.5 Å². The Morgan fingerprint density at radius 3 is 2.67 bits per heavy atom. The summed E-state index contributed by atoms with van der Waals surface area (Å²) in [6, 6.07) is 8.57. The van der Waals surface area contributed by atoms with Gasteiger partial charge in [-0.3, -0.25) is 4.79 Å². The van der Waals surface area contributed by atoms with Gasteiger partial charge >= 0.3 is 0 Å². The van der Waals surface area contributed by atoms with Gasteiger partial charge in [0.2, 0.25) is 5.91 Å². The second kappa shape index (κ2) is 8.40. The van der Waals surface area contributed by atoms with Crippen LogP contribution in [-0.4, -0.2) is 18.8 Å². The van der Waals surface area contributed by atoms with Gasteiger partial charge in [0.05, 0.1) is 23.6 Å². The lowest BCUT2D eigenvalue weighted by Gasteiger charge is -2.11. The monoisotopic (exact) mass is 367 g/mol. The molecule has 3 nitrogen and oxygen atoms in total. The number of thioether (sulfide) groups is 1. The molecule has 1 amide bonds. The van der Waals surface area contributed by atoms with Crippen LogP contribution in [0.25, 0.3) is 0 Å². The van der Waals surface area contributed by atoms with Crippen LogP contribution in [-0.2, 0) is 10.5 Å². The molecule has 0 bridgehead atoms. The van der Waals surface area contributed by atoms with Crippen molar-refractivity contribution in [3.8, 4) is 5.75 Å². The largest absolute Gasteiger partial charge is 0.494 e. The summed E-state index contributed by atoms with van der Waals surface area (Å²) >= 11 is 7.59. The topological polar surface area (TPSA) is 38.3 Å². The summed E-state index contributed by atoms with van der Waals surface area (Å²) in [6.45, 7) is 3.86. The number of nitrogens with one attached hydrogen (secondary N) is 1. The van der Waals surface area contributed by atoms with E-state index in [1.54, 1.807) is 12.1 Å². The minimum Gasteiger partial charge on any atom is -0.494 e. The third kappa shape index (κ3) is 4.89. The molecule has 0 aliphatic heterocycles. The van der Waals surface area contributed by atoms with E-state index in [9.17, 15) is 9.18 Å². The summed E-state index contributed by atoms with van der Waals surface area (Å²) in [7, 11) is 1.43. The number of methoxy groups -OCH3 is 1. The number of anilines is 1. The second-order valence-electron chi connectivity index (χ2n) is 5.45. The van der Waals surface area contributed by atoms with E-state index < -0.39 is 5.82 Å². The van der Waals surface area contributed by atoms with Gasteiger partial charge in [-0.15, -0.1) is 11.8 Å². The summed E-state index contributed by atoms with van der Waals surface area (Å²) in [6.07, 6.45) is 0. The molecule has 0 fully saturated rings. The fraction of sp³-hybridized carbons (Fsp3) is 0.278. The average Bonchev–Trinajstić information content (AvgIpc) is 2.51. The lowest BCUT2D eigenvalue weighted by atomic mass is 10.1. The fourth-order valence-corrected chi connectivity index (χ4v) is 3.45. The van der Waals surface area contributed by atoms with Crippen LogP contribution in [0.3, 0.4) is 0 Å². The normalized spacial score (nSPS) is 10.5. The molecule has 2 rings (SSSR count). The summed E-state index contributed by atoms with van der Waals surface area (Å²) < 4.78 is 18.5. The highest BCUT2D eigenvalue weighted by atomic mass is 35.5. The van der Waals surface area contributed by atoms with Crippen LogP contribution in [0.5, 0.6) is 5.75 Å². The maximum absolute atomic E-state index is 13.6. The maximum atomic E-state index is 13.6. The predicted octanol–water partition coefficient (Wildman–Crippen LogP) is 4.98. The molecule has 0 saturated heterocycles. The highest BCUT2D eigenvalue weighted by molar-refractivity contribution is 7.99. The predicted molar refractivity (Wildman–Crippen MR) is 98.7 cm³/mol. The molecule has 24 heavy (non-hydrogen) atoms. The van der Waals surface area contributed by atoms with Gasteiger partial charge in [0, 0.05) is 5.75 Å². The quantitative estimate of drug-likeness (QED) is 0.782. The van der Waals surface area contributed by atoms with Gasteiger partial charge in [0.1, 0.15) is 0 Å². The van der Waals surface area contributed by atoms with Crippen molar-refractivity contribution < 1.29 is 13.9 Å². The third-order valence-electron chi connectivity index (χ3n) is 3.41. The summed E-state index contributed by atoms with van der Waals surface area (Å²) in [5.41, 5.74) is 3.42. The summed E-state index contributed by atoms with van der Waals surface area (Å²) in [4.78, 5) is 12.1. The number of amides is 1. The second-order valence-corrected chi connectivity index (χ2v) is 6.84. The molecule has 0 radical (unpaired) electrons. The number of benzene rings is 2. The first-order valence-corrected chi connectivity index (χ1v) is 8.90. The van der Waals surface area contributed by atoms with Gasteiger partial charge in [0.15, 0.2) is 11.6 Å². The van der Waals surface area contributed by atoms with Crippen molar-refractivity contribution in [1.82, 2.24) is 0 Å². The Bertz CT molecular complexity index is 729. The van der Waals surface area contributed by atoms with Crippen molar-refractivity contribution in [2.45, 2.75) is 19.6 Å². The van der Waals surface area contributed by atoms with Crippen LogP contribution in [0.4, 0.5) is 10.1 Å². The molecule has 128 valence electrons. The maximum Gasteiger partial charge on any atom is 0.234 e. The number of rotatable bonds is 6. The number of hydrogen-bond donors (Lipinski definition) is 1. The van der Waals surface area contributed by atoms with Crippen LogP contribution >= 0.6 is 23.4 Å². The van der Waals surface area contributed by atoms with Gasteiger partial charge in [0.25, 0.3) is 0 Å². The molecule has 1 N–H and O–H groups in total. The van der Waals surface area contributed by atoms with E-state index >= 15 is 0 Å². The highest BCUT2D eigenvalue weighted by Crippen LogP contribution is 2.27. The summed E-state index contributed by atoms with van der Waals surface area (Å²) in [5.74, 6) is 0.475. The molecule has 0 atom stereocenters. The van der Waals surface area contributed by atoms with Crippen molar-refractivity contribution in [1.29, 1.82) is 0 Å². The molecule has 0 unspecified atom stereocenters. The van der Waals surface area contributed by atoms with Crippen molar-refractivity contribution in [2.75, 3.05) is 18.2 Å². The highest BCUT2D eigenvalue weighted by Gasteiger charge is 2.10. The van der Waals surface area contributed by atoms with E-state index in [1.807, 2.05) is 26.0 Å². The lowest BCUT2D eigenvalue weighted by Crippen LogP contribution is -2.15. The van der Waals surface area contributed by atoms with Crippen LogP contribution in [0.2, 0.25) is 5.02 Å². The van der Waals surface area contributed by atoms with E-state index in [2.05, 4.69) is 5.32 Å². The number of halogens is 2. The smallest absolute Gasteiger partial charge is 0.234 e. The lowest BCUT2D eigenvalue weighted by molar-refractivity contribution is -0.113. The van der Waals surface area contributed by atoms with Gasteiger partial charge in [-0.2, -0.15) is 0 Å². The van der Waals surface area contributed by atoms with Crippen molar-refractivity contribution in [3.05, 3.63) is 57.9 Å². The molecule has 0 aromatic heterocycles. The molecular weight excluding hydrogens is 349 g/mol. The van der Waals surface area contributed by atoms with Crippen molar-refractivity contribution >= 4 is 35.0 Å². The van der Waals surface area contributed by atoms with Crippen LogP contribution in [0.1, 0.15) is 16.7 Å². The zero-order chi connectivity index (χ0) is 17.7. The number of aryl methyl sites for hydroxylation is 2. The van der Waals surface area contributed by atoms with Crippen LogP contribution < -0.4 is 10.1 Å². The van der Waals surface area contributed by atoms with E-state index in [1.165, 1.54) is 24.9 Å². The Balaban J connectivity index is 1.89. The minimum atomic E-state index is -0.401. The minimum absolute atomic E-state index is 0.136. The number of carbonyl (C=O) groups is 1. The average molecular weight is 368 g/mol. The van der Waals surface area contributed by atoms with Gasteiger partial charge < -0.3 is 10.1 Å². The van der Waals surface area contributed by atoms with Gasteiger partial charge in [-0.25, -0.2) is 4.39 Å². The van der Waals surface area contributed by atoms with Crippen molar-refractivity contribution in [3.63, 3.8) is 0 Å². The molecule has 0 saturated carbocycles. The third-order valence-corrected chi connectivity index (χ3v) is 4.72. The Morgan fingerprint density at radius 1 is 1.29 bits per heavy atom. The van der Waals surface area contributed by atoms with E-state index in [4.69, 9.17) is 16.3 Å². The number of hydrogen-bond acceptors (Lipinski definition) is 3. The number of carbonyl (C=O) groups excluding carboxylic acids is 1. The standard InChI is InChI=1S/C18H19ClFNO2S/c1-11-6-12(2)18(14(19)7-11)21-17(22)10-24-9-13-4-5-16(23-3)15(20)8-13/h4-8H,9-10H2,1-3H3,(H,21,22).